The number of unbranched alkanes of at least 4 members (excludes halogenated alkanes) is 2. The van der Waals surface area contributed by atoms with Crippen molar-refractivity contribution in [3.05, 3.63) is 23.4 Å². The molecule has 2 heterocycles. The minimum atomic E-state index is -0.750. The van der Waals surface area contributed by atoms with E-state index in [1.807, 2.05) is 32.9 Å². The molecule has 1 amide bonds. The summed E-state index contributed by atoms with van der Waals surface area (Å²) in [4.78, 5) is 29.3. The van der Waals surface area contributed by atoms with E-state index < -0.39 is 11.6 Å². The number of carboxylic acid groups (broad SMARTS) is 1. The maximum atomic E-state index is 12.5. The van der Waals surface area contributed by atoms with Gasteiger partial charge in [0.25, 0.3) is 0 Å². The van der Waals surface area contributed by atoms with Gasteiger partial charge in [-0.25, -0.2) is 9.78 Å². The predicted octanol–water partition coefficient (Wildman–Crippen LogP) is 3.96. The maximum Gasteiger partial charge on any atom is 0.416 e. The smallest absolute Gasteiger partial charge is 0.416 e. The Labute approximate surface area is 149 Å². The number of fused-ring (bicyclic) bond motifs is 1. The Balaban J connectivity index is 2.01. The molecule has 1 aliphatic rings. The molecule has 0 bridgehead atoms. The van der Waals surface area contributed by atoms with Gasteiger partial charge in [0, 0.05) is 18.7 Å². The number of rotatable bonds is 6. The topological polar surface area (TPSA) is 79.7 Å². The first-order valence-electron chi connectivity index (χ1n) is 8.97. The predicted molar refractivity (Wildman–Crippen MR) is 95.9 cm³/mol. The minimum Gasteiger partial charge on any atom is -0.481 e. The van der Waals surface area contributed by atoms with Crippen molar-refractivity contribution in [3.8, 4) is 0 Å². The van der Waals surface area contributed by atoms with Gasteiger partial charge >= 0.3 is 12.1 Å². The van der Waals surface area contributed by atoms with E-state index in [0.717, 1.165) is 43.4 Å². The van der Waals surface area contributed by atoms with E-state index in [1.54, 1.807) is 4.90 Å². The first kappa shape index (κ1) is 19.2. The summed E-state index contributed by atoms with van der Waals surface area (Å²) in [5.74, 6) is -0.0385. The molecule has 1 N–H and O–H groups in total. The molecule has 1 aliphatic heterocycles. The fourth-order valence-corrected chi connectivity index (χ4v) is 2.87. The van der Waals surface area contributed by atoms with Gasteiger partial charge in [-0.3, -0.25) is 9.69 Å². The largest absolute Gasteiger partial charge is 0.481 e. The summed E-state index contributed by atoms with van der Waals surface area (Å²) in [5, 5.41) is 8.66. The van der Waals surface area contributed by atoms with Crippen LogP contribution in [0.4, 0.5) is 10.6 Å². The van der Waals surface area contributed by atoms with Crippen molar-refractivity contribution in [2.45, 2.75) is 71.3 Å². The van der Waals surface area contributed by atoms with Crippen LogP contribution >= 0.6 is 0 Å². The van der Waals surface area contributed by atoms with Gasteiger partial charge in [-0.05, 0) is 64.5 Å². The van der Waals surface area contributed by atoms with Crippen molar-refractivity contribution in [2.75, 3.05) is 11.4 Å². The van der Waals surface area contributed by atoms with E-state index >= 15 is 0 Å². The third kappa shape index (κ3) is 6.03. The highest BCUT2D eigenvalue weighted by atomic mass is 16.6. The van der Waals surface area contributed by atoms with E-state index in [4.69, 9.17) is 9.84 Å². The van der Waals surface area contributed by atoms with Gasteiger partial charge in [0.2, 0.25) is 0 Å². The standard InChI is InChI=1S/C19H28N2O4/c1-19(2,3)25-18(24)21-13-7-8-14-11-12-15(20-17(14)21)9-5-4-6-10-16(22)23/h11-12H,4-10,13H2,1-3H3,(H,22,23). The van der Waals surface area contributed by atoms with Gasteiger partial charge in [-0.15, -0.1) is 0 Å². The molecule has 138 valence electrons. The second kappa shape index (κ2) is 8.32. The zero-order valence-electron chi connectivity index (χ0n) is 15.4. The van der Waals surface area contributed by atoms with Crippen LogP contribution in [0.2, 0.25) is 0 Å². The SMILES string of the molecule is CC(C)(C)OC(=O)N1CCCc2ccc(CCCCCC(=O)O)nc21. The number of carbonyl (C=O) groups excluding carboxylic acids is 1. The lowest BCUT2D eigenvalue weighted by atomic mass is 10.0. The fourth-order valence-electron chi connectivity index (χ4n) is 2.87. The zero-order chi connectivity index (χ0) is 18.4. The van der Waals surface area contributed by atoms with E-state index in [0.29, 0.717) is 18.8 Å². The average molecular weight is 348 g/mol. The first-order chi connectivity index (χ1) is 11.8. The summed E-state index contributed by atoms with van der Waals surface area (Å²) in [7, 11) is 0. The summed E-state index contributed by atoms with van der Waals surface area (Å²) in [5.41, 5.74) is 1.48. The minimum absolute atomic E-state index is 0.212. The molecule has 0 unspecified atom stereocenters. The molecular weight excluding hydrogens is 320 g/mol. The number of aromatic nitrogens is 1. The molecule has 0 fully saturated rings. The van der Waals surface area contributed by atoms with Crippen LogP contribution in [-0.4, -0.2) is 34.3 Å². The highest BCUT2D eigenvalue weighted by molar-refractivity contribution is 5.88. The van der Waals surface area contributed by atoms with Crippen LogP contribution < -0.4 is 4.90 Å². The van der Waals surface area contributed by atoms with Crippen molar-refractivity contribution < 1.29 is 19.4 Å². The summed E-state index contributed by atoms with van der Waals surface area (Å²) in [6.07, 6.45) is 4.92. The second-order valence-corrected chi connectivity index (χ2v) is 7.48. The summed E-state index contributed by atoms with van der Waals surface area (Å²) in [6.45, 7) is 6.20. The number of nitrogens with zero attached hydrogens (tertiary/aromatic N) is 2. The fraction of sp³-hybridized carbons (Fsp3) is 0.632. The molecule has 25 heavy (non-hydrogen) atoms. The summed E-state index contributed by atoms with van der Waals surface area (Å²) in [6, 6.07) is 4.06. The van der Waals surface area contributed by atoms with Crippen molar-refractivity contribution in [3.63, 3.8) is 0 Å². The lowest BCUT2D eigenvalue weighted by Gasteiger charge is -2.31. The second-order valence-electron chi connectivity index (χ2n) is 7.48. The highest BCUT2D eigenvalue weighted by Gasteiger charge is 2.28. The lowest BCUT2D eigenvalue weighted by Crippen LogP contribution is -2.40. The number of carboxylic acids is 1. The Kier molecular flexibility index (Phi) is 6.39. The number of carbonyl (C=O) groups is 2. The van der Waals surface area contributed by atoms with Crippen LogP contribution in [0.5, 0.6) is 0 Å². The van der Waals surface area contributed by atoms with Gasteiger partial charge in [-0.2, -0.15) is 0 Å². The normalized spacial score (nSPS) is 14.1. The number of ether oxygens (including phenoxy) is 1. The van der Waals surface area contributed by atoms with E-state index in [-0.39, 0.29) is 12.5 Å². The Morgan fingerprint density at radius 1 is 1.24 bits per heavy atom. The Bertz CT molecular complexity index is 622. The van der Waals surface area contributed by atoms with Crippen molar-refractivity contribution >= 4 is 17.9 Å². The molecule has 0 aromatic carbocycles. The first-order valence-corrected chi connectivity index (χ1v) is 8.97. The van der Waals surface area contributed by atoms with Crippen LogP contribution in [0.3, 0.4) is 0 Å². The van der Waals surface area contributed by atoms with E-state index in [2.05, 4.69) is 4.98 Å². The number of pyridine rings is 1. The maximum absolute atomic E-state index is 12.5. The van der Waals surface area contributed by atoms with Gasteiger partial charge in [0.05, 0.1) is 0 Å². The third-order valence-corrected chi connectivity index (χ3v) is 4.03. The molecule has 6 nitrogen and oxygen atoms in total. The van der Waals surface area contributed by atoms with Crippen LogP contribution in [0.25, 0.3) is 0 Å². The lowest BCUT2D eigenvalue weighted by molar-refractivity contribution is -0.137. The molecule has 2 rings (SSSR count). The molecule has 1 aromatic rings. The Morgan fingerprint density at radius 2 is 2.00 bits per heavy atom. The van der Waals surface area contributed by atoms with Gasteiger partial charge in [-0.1, -0.05) is 12.5 Å². The van der Waals surface area contributed by atoms with Crippen LogP contribution in [0.15, 0.2) is 12.1 Å². The Morgan fingerprint density at radius 3 is 2.68 bits per heavy atom. The third-order valence-electron chi connectivity index (χ3n) is 4.03. The number of hydrogen-bond donors (Lipinski definition) is 1. The Hall–Kier alpha value is -2.11. The number of aliphatic carboxylic acids is 1. The van der Waals surface area contributed by atoms with E-state index in [9.17, 15) is 9.59 Å². The molecular formula is C19H28N2O4. The highest BCUT2D eigenvalue weighted by Crippen LogP contribution is 2.27. The number of anilines is 1. The number of aryl methyl sites for hydroxylation is 2. The molecule has 0 spiro atoms. The van der Waals surface area contributed by atoms with Crippen molar-refractivity contribution in [1.82, 2.24) is 4.98 Å². The molecule has 0 saturated heterocycles. The van der Waals surface area contributed by atoms with Crippen molar-refractivity contribution in [1.29, 1.82) is 0 Å². The molecule has 0 atom stereocenters. The van der Waals surface area contributed by atoms with Crippen LogP contribution in [0, 0.1) is 0 Å². The molecule has 1 aromatic heterocycles. The molecule has 0 saturated carbocycles. The summed E-state index contributed by atoms with van der Waals surface area (Å²) >= 11 is 0. The molecule has 0 radical (unpaired) electrons. The molecule has 0 aliphatic carbocycles. The van der Waals surface area contributed by atoms with Gasteiger partial charge < -0.3 is 9.84 Å². The zero-order valence-corrected chi connectivity index (χ0v) is 15.4. The van der Waals surface area contributed by atoms with Crippen LogP contribution in [-0.2, 0) is 22.4 Å². The monoisotopic (exact) mass is 348 g/mol. The van der Waals surface area contributed by atoms with Gasteiger partial charge in [0.15, 0.2) is 0 Å². The average Bonchev–Trinajstić information content (AvgIpc) is 2.52. The van der Waals surface area contributed by atoms with Gasteiger partial charge in [0.1, 0.15) is 11.4 Å². The number of amides is 1. The quantitative estimate of drug-likeness (QED) is 0.787. The summed E-state index contributed by atoms with van der Waals surface area (Å²) < 4.78 is 5.50. The van der Waals surface area contributed by atoms with Crippen molar-refractivity contribution in [2.24, 2.45) is 0 Å². The molecule has 6 heteroatoms. The number of hydrogen-bond acceptors (Lipinski definition) is 4. The van der Waals surface area contributed by atoms with Crippen LogP contribution in [0.1, 0.15) is 64.1 Å². The van der Waals surface area contributed by atoms with E-state index in [1.165, 1.54) is 0 Å².